The minimum absolute atomic E-state index is 0.00430. The number of carbonyl (C=O) groups is 2. The van der Waals surface area contributed by atoms with Crippen molar-refractivity contribution in [1.29, 1.82) is 0 Å². The van der Waals surface area contributed by atoms with Gasteiger partial charge in [-0.3, -0.25) is 9.59 Å². The maximum Gasteiger partial charge on any atom is 0.245 e. The van der Waals surface area contributed by atoms with Crippen LogP contribution in [0.1, 0.15) is 51.5 Å². The lowest BCUT2D eigenvalue weighted by Gasteiger charge is -2.29. The maximum absolute atomic E-state index is 12.7. The van der Waals surface area contributed by atoms with Crippen molar-refractivity contribution in [3.05, 3.63) is 22.4 Å². The molecule has 128 valence electrons. The van der Waals surface area contributed by atoms with Gasteiger partial charge in [0.25, 0.3) is 0 Å². The lowest BCUT2D eigenvalue weighted by Crippen LogP contribution is -2.51. The summed E-state index contributed by atoms with van der Waals surface area (Å²) in [5.74, 6) is 0.219. The van der Waals surface area contributed by atoms with Gasteiger partial charge in [0.05, 0.1) is 0 Å². The molecule has 0 aliphatic heterocycles. The van der Waals surface area contributed by atoms with E-state index in [4.69, 9.17) is 0 Å². The first-order valence-electron chi connectivity index (χ1n) is 8.55. The SMILES string of the molecule is CC(C)[C@@H](NC(=O)C1CCCCC1)C(=O)N(C)Cc1ccsc1. The van der Waals surface area contributed by atoms with Crippen LogP contribution in [-0.2, 0) is 16.1 Å². The monoisotopic (exact) mass is 336 g/mol. The van der Waals surface area contributed by atoms with Crippen molar-refractivity contribution in [2.75, 3.05) is 7.05 Å². The molecule has 1 saturated carbocycles. The van der Waals surface area contributed by atoms with E-state index in [0.29, 0.717) is 6.54 Å². The highest BCUT2D eigenvalue weighted by atomic mass is 32.1. The Morgan fingerprint density at radius 1 is 1.30 bits per heavy atom. The minimum atomic E-state index is -0.437. The number of carbonyl (C=O) groups excluding carboxylic acids is 2. The van der Waals surface area contributed by atoms with E-state index < -0.39 is 6.04 Å². The van der Waals surface area contributed by atoms with Crippen LogP contribution in [0.15, 0.2) is 16.8 Å². The van der Waals surface area contributed by atoms with Crippen LogP contribution < -0.4 is 5.32 Å². The molecule has 0 saturated heterocycles. The summed E-state index contributed by atoms with van der Waals surface area (Å²) in [4.78, 5) is 26.9. The molecule has 23 heavy (non-hydrogen) atoms. The third-order valence-corrected chi connectivity index (χ3v) is 5.31. The van der Waals surface area contributed by atoms with E-state index in [1.165, 1.54) is 6.42 Å². The van der Waals surface area contributed by atoms with Gasteiger partial charge in [-0.25, -0.2) is 0 Å². The Balaban J connectivity index is 1.96. The molecule has 0 aromatic carbocycles. The number of hydrogen-bond acceptors (Lipinski definition) is 3. The van der Waals surface area contributed by atoms with Gasteiger partial charge in [0.2, 0.25) is 11.8 Å². The standard InChI is InChI=1S/C18H28N2O2S/c1-13(2)16(19-17(21)15-7-5-4-6-8-15)18(22)20(3)11-14-9-10-23-12-14/h9-10,12-13,15-16H,4-8,11H2,1-3H3,(H,19,21)/t16-/m1/s1. The Morgan fingerprint density at radius 3 is 2.57 bits per heavy atom. The number of likely N-dealkylation sites (N-methyl/N-ethyl adjacent to an activating group) is 1. The Labute approximate surface area is 143 Å². The van der Waals surface area contributed by atoms with Crippen LogP contribution in [0.4, 0.5) is 0 Å². The van der Waals surface area contributed by atoms with Crippen LogP contribution in [0.2, 0.25) is 0 Å². The van der Waals surface area contributed by atoms with Crippen molar-refractivity contribution >= 4 is 23.2 Å². The molecule has 1 N–H and O–H groups in total. The number of rotatable bonds is 6. The second kappa shape index (κ2) is 8.48. The largest absolute Gasteiger partial charge is 0.344 e. The van der Waals surface area contributed by atoms with Crippen LogP contribution >= 0.6 is 11.3 Å². The van der Waals surface area contributed by atoms with Gasteiger partial charge in [0.1, 0.15) is 6.04 Å². The zero-order valence-electron chi connectivity index (χ0n) is 14.4. The molecule has 2 amide bonds. The van der Waals surface area contributed by atoms with Crippen molar-refractivity contribution in [2.45, 2.75) is 58.5 Å². The van der Waals surface area contributed by atoms with Gasteiger partial charge in [-0.2, -0.15) is 11.3 Å². The van der Waals surface area contributed by atoms with E-state index in [2.05, 4.69) is 10.7 Å². The smallest absolute Gasteiger partial charge is 0.245 e. The Bertz CT molecular complexity index is 507. The second-order valence-electron chi connectivity index (χ2n) is 6.89. The summed E-state index contributed by atoms with van der Waals surface area (Å²) in [7, 11) is 1.81. The van der Waals surface area contributed by atoms with Crippen LogP contribution in [0.5, 0.6) is 0 Å². The van der Waals surface area contributed by atoms with Crippen LogP contribution in [-0.4, -0.2) is 29.8 Å². The molecule has 1 atom stereocenters. The summed E-state index contributed by atoms with van der Waals surface area (Å²) in [6.45, 7) is 4.56. The van der Waals surface area contributed by atoms with Gasteiger partial charge >= 0.3 is 0 Å². The molecule has 0 spiro atoms. The summed E-state index contributed by atoms with van der Waals surface area (Å²) in [6, 6.07) is 1.59. The predicted octanol–water partition coefficient (Wildman–Crippen LogP) is 3.43. The van der Waals surface area contributed by atoms with Gasteiger partial charge in [0.15, 0.2) is 0 Å². The highest BCUT2D eigenvalue weighted by molar-refractivity contribution is 7.07. The quantitative estimate of drug-likeness (QED) is 0.865. The average Bonchev–Trinajstić information content (AvgIpc) is 3.05. The van der Waals surface area contributed by atoms with Crippen molar-refractivity contribution in [3.8, 4) is 0 Å². The Hall–Kier alpha value is -1.36. The molecule has 1 fully saturated rings. The van der Waals surface area contributed by atoms with Gasteiger partial charge in [-0.15, -0.1) is 0 Å². The van der Waals surface area contributed by atoms with Crippen molar-refractivity contribution in [2.24, 2.45) is 11.8 Å². The Kier molecular flexibility index (Phi) is 6.63. The summed E-state index contributed by atoms with van der Waals surface area (Å²) in [5, 5.41) is 7.08. The van der Waals surface area contributed by atoms with E-state index in [9.17, 15) is 9.59 Å². The molecular weight excluding hydrogens is 308 g/mol. The zero-order valence-corrected chi connectivity index (χ0v) is 15.2. The van der Waals surface area contributed by atoms with E-state index in [1.807, 2.05) is 32.3 Å². The lowest BCUT2D eigenvalue weighted by molar-refractivity contribution is -0.138. The molecule has 1 aromatic heterocycles. The fraction of sp³-hybridized carbons (Fsp3) is 0.667. The van der Waals surface area contributed by atoms with Crippen LogP contribution in [0.25, 0.3) is 0 Å². The topological polar surface area (TPSA) is 49.4 Å². The third-order valence-electron chi connectivity index (χ3n) is 4.58. The number of thiophene rings is 1. The van der Waals surface area contributed by atoms with Gasteiger partial charge in [0, 0.05) is 19.5 Å². The molecule has 0 bridgehead atoms. The normalized spacial score (nSPS) is 17.0. The first kappa shape index (κ1) is 18.0. The summed E-state index contributed by atoms with van der Waals surface area (Å²) >= 11 is 1.63. The molecule has 0 radical (unpaired) electrons. The highest BCUT2D eigenvalue weighted by Crippen LogP contribution is 2.24. The zero-order chi connectivity index (χ0) is 16.8. The second-order valence-corrected chi connectivity index (χ2v) is 7.67. The fourth-order valence-corrected chi connectivity index (χ4v) is 3.78. The number of hydrogen-bond donors (Lipinski definition) is 1. The van der Waals surface area contributed by atoms with Crippen LogP contribution in [0, 0.1) is 11.8 Å². The van der Waals surface area contributed by atoms with Crippen LogP contribution in [0.3, 0.4) is 0 Å². The maximum atomic E-state index is 12.7. The van der Waals surface area contributed by atoms with Gasteiger partial charge in [-0.1, -0.05) is 33.1 Å². The number of nitrogens with zero attached hydrogens (tertiary/aromatic N) is 1. The van der Waals surface area contributed by atoms with Gasteiger partial charge < -0.3 is 10.2 Å². The summed E-state index contributed by atoms with van der Waals surface area (Å²) in [5.41, 5.74) is 1.13. The van der Waals surface area contributed by atoms with E-state index in [1.54, 1.807) is 16.2 Å². The molecule has 0 unspecified atom stereocenters. The van der Waals surface area contributed by atoms with E-state index in [-0.39, 0.29) is 23.7 Å². The van der Waals surface area contributed by atoms with Crippen molar-refractivity contribution in [3.63, 3.8) is 0 Å². The first-order valence-corrected chi connectivity index (χ1v) is 9.49. The minimum Gasteiger partial charge on any atom is -0.344 e. The molecule has 1 aliphatic rings. The Morgan fingerprint density at radius 2 is 2.00 bits per heavy atom. The molecule has 2 rings (SSSR count). The van der Waals surface area contributed by atoms with E-state index >= 15 is 0 Å². The molecule has 5 heteroatoms. The molecule has 4 nitrogen and oxygen atoms in total. The van der Waals surface area contributed by atoms with Crippen molar-refractivity contribution in [1.82, 2.24) is 10.2 Å². The fourth-order valence-electron chi connectivity index (χ4n) is 3.12. The third kappa shape index (κ3) is 5.06. The van der Waals surface area contributed by atoms with Crippen molar-refractivity contribution < 1.29 is 9.59 Å². The van der Waals surface area contributed by atoms with Gasteiger partial charge in [-0.05, 0) is 41.1 Å². The molecule has 1 aromatic rings. The molecule has 1 aliphatic carbocycles. The average molecular weight is 337 g/mol. The number of amides is 2. The first-order chi connectivity index (χ1) is 11.0. The highest BCUT2D eigenvalue weighted by Gasteiger charge is 2.30. The summed E-state index contributed by atoms with van der Waals surface area (Å²) in [6.07, 6.45) is 5.37. The molecule has 1 heterocycles. The lowest BCUT2D eigenvalue weighted by atomic mass is 9.88. The van der Waals surface area contributed by atoms with E-state index in [0.717, 1.165) is 31.2 Å². The number of nitrogens with one attached hydrogen (secondary N) is 1. The summed E-state index contributed by atoms with van der Waals surface area (Å²) < 4.78 is 0. The molecular formula is C18H28N2O2S. The predicted molar refractivity (Wildman–Crippen MR) is 94.1 cm³/mol.